The molecule has 2 rings (SSSR count). The summed E-state index contributed by atoms with van der Waals surface area (Å²) in [6.45, 7) is 6.05. The minimum absolute atomic E-state index is 0.00917. The van der Waals surface area contributed by atoms with Gasteiger partial charge < -0.3 is 5.32 Å². The number of aromatic nitrogens is 2. The second-order valence-electron chi connectivity index (χ2n) is 5.09. The van der Waals surface area contributed by atoms with Gasteiger partial charge in [0.25, 0.3) is 0 Å². The van der Waals surface area contributed by atoms with Crippen molar-refractivity contribution in [3.63, 3.8) is 0 Å². The van der Waals surface area contributed by atoms with Gasteiger partial charge in [-0.15, -0.1) is 0 Å². The molecule has 20 heavy (non-hydrogen) atoms. The fourth-order valence-electron chi connectivity index (χ4n) is 2.08. The first kappa shape index (κ1) is 14.3. The number of hydrogen-bond donors (Lipinski definition) is 1. The lowest BCUT2D eigenvalue weighted by atomic mass is 10.1. The second-order valence-corrected chi connectivity index (χ2v) is 5.09. The third-order valence-electron chi connectivity index (χ3n) is 3.32. The lowest BCUT2D eigenvalue weighted by Gasteiger charge is -2.12. The van der Waals surface area contributed by atoms with E-state index in [1.54, 1.807) is 0 Å². The molecule has 0 aliphatic heterocycles. The van der Waals surface area contributed by atoms with Gasteiger partial charge in [-0.2, -0.15) is 5.10 Å². The highest BCUT2D eigenvalue weighted by Gasteiger charge is 2.11. The van der Waals surface area contributed by atoms with E-state index in [1.807, 2.05) is 55.1 Å². The Morgan fingerprint density at radius 3 is 2.55 bits per heavy atom. The van der Waals surface area contributed by atoms with Crippen molar-refractivity contribution in [3.8, 4) is 0 Å². The molecule has 1 heterocycles. The number of nitrogens with one attached hydrogen (secondary N) is 1. The number of amides is 1. The van der Waals surface area contributed by atoms with E-state index in [9.17, 15) is 4.79 Å². The van der Waals surface area contributed by atoms with Crippen LogP contribution in [-0.2, 0) is 11.2 Å². The number of aryl methyl sites for hydroxylation is 2. The van der Waals surface area contributed by atoms with Crippen LogP contribution in [0.25, 0.3) is 0 Å². The Bertz CT molecular complexity index is 572. The molecule has 0 bridgehead atoms. The maximum atomic E-state index is 12.0. The molecule has 0 saturated carbocycles. The van der Waals surface area contributed by atoms with Gasteiger partial charge in [-0.1, -0.05) is 19.1 Å². The molecule has 4 heteroatoms. The number of hydrogen-bond acceptors (Lipinski definition) is 2. The fraction of sp³-hybridized carbons (Fsp3) is 0.375. The van der Waals surface area contributed by atoms with Gasteiger partial charge in [0, 0.05) is 18.3 Å². The molecule has 0 aliphatic carbocycles. The minimum Gasteiger partial charge on any atom is -0.326 e. The van der Waals surface area contributed by atoms with E-state index in [0.717, 1.165) is 17.8 Å². The van der Waals surface area contributed by atoms with Crippen LogP contribution >= 0.6 is 0 Å². The van der Waals surface area contributed by atoms with Gasteiger partial charge in [0.1, 0.15) is 0 Å². The molecular weight excluding hydrogens is 250 g/mol. The lowest BCUT2D eigenvalue weighted by Crippen LogP contribution is -2.18. The fourth-order valence-corrected chi connectivity index (χ4v) is 2.08. The number of nitrogens with zero attached hydrogens (tertiary/aromatic N) is 2. The first-order valence-electron chi connectivity index (χ1n) is 6.99. The van der Waals surface area contributed by atoms with E-state index < -0.39 is 0 Å². The molecule has 0 fully saturated rings. The van der Waals surface area contributed by atoms with Crippen molar-refractivity contribution in [3.05, 3.63) is 47.8 Å². The quantitative estimate of drug-likeness (QED) is 0.906. The smallest absolute Gasteiger partial charge is 0.226 e. The van der Waals surface area contributed by atoms with E-state index >= 15 is 0 Å². The summed E-state index contributed by atoms with van der Waals surface area (Å²) in [5.74, 6) is 0.00917. The third kappa shape index (κ3) is 3.70. The van der Waals surface area contributed by atoms with Gasteiger partial charge in [-0.05, 0) is 44.0 Å². The molecule has 0 radical (unpaired) electrons. The van der Waals surface area contributed by atoms with Crippen LogP contribution < -0.4 is 5.32 Å². The number of rotatable bonds is 5. The van der Waals surface area contributed by atoms with Gasteiger partial charge in [-0.3, -0.25) is 9.48 Å². The van der Waals surface area contributed by atoms with Gasteiger partial charge in [-0.25, -0.2) is 0 Å². The summed E-state index contributed by atoms with van der Waals surface area (Å²) in [4.78, 5) is 12.0. The minimum atomic E-state index is 0.00917. The summed E-state index contributed by atoms with van der Waals surface area (Å²) >= 11 is 0. The van der Waals surface area contributed by atoms with E-state index in [1.165, 1.54) is 5.56 Å². The predicted molar refractivity (Wildman–Crippen MR) is 80.7 cm³/mol. The molecule has 4 nitrogen and oxygen atoms in total. The van der Waals surface area contributed by atoms with Crippen molar-refractivity contribution < 1.29 is 4.79 Å². The van der Waals surface area contributed by atoms with Crippen molar-refractivity contribution in [2.24, 2.45) is 0 Å². The number of carbonyl (C=O) groups excluding carboxylic acids is 1. The highest BCUT2D eigenvalue weighted by molar-refractivity contribution is 5.90. The monoisotopic (exact) mass is 271 g/mol. The SMILES string of the molecule is CCc1ccc(NC(=O)CC(C)n2ccc(C)n2)cc1. The molecule has 1 atom stereocenters. The molecule has 2 aromatic rings. The van der Waals surface area contributed by atoms with Crippen LogP contribution in [0.1, 0.15) is 37.6 Å². The number of anilines is 1. The summed E-state index contributed by atoms with van der Waals surface area (Å²) in [6, 6.07) is 9.96. The largest absolute Gasteiger partial charge is 0.326 e. The van der Waals surface area contributed by atoms with E-state index in [0.29, 0.717) is 6.42 Å². The maximum Gasteiger partial charge on any atom is 0.226 e. The normalized spacial score (nSPS) is 12.2. The van der Waals surface area contributed by atoms with Crippen LogP contribution in [-0.4, -0.2) is 15.7 Å². The maximum absolute atomic E-state index is 12.0. The molecule has 1 aromatic carbocycles. The first-order valence-corrected chi connectivity index (χ1v) is 6.99. The Hall–Kier alpha value is -2.10. The topological polar surface area (TPSA) is 46.9 Å². The number of benzene rings is 1. The molecule has 0 spiro atoms. The van der Waals surface area contributed by atoms with Crippen LogP contribution in [0.3, 0.4) is 0 Å². The summed E-state index contributed by atoms with van der Waals surface area (Å²) in [7, 11) is 0. The first-order chi connectivity index (χ1) is 9.58. The molecule has 1 amide bonds. The zero-order valence-corrected chi connectivity index (χ0v) is 12.3. The van der Waals surface area contributed by atoms with E-state index in [-0.39, 0.29) is 11.9 Å². The average Bonchev–Trinajstić information content (AvgIpc) is 2.86. The van der Waals surface area contributed by atoms with Crippen LogP contribution in [0.4, 0.5) is 5.69 Å². The molecule has 1 aromatic heterocycles. The number of carbonyl (C=O) groups is 1. The van der Waals surface area contributed by atoms with Crippen LogP contribution in [0.2, 0.25) is 0 Å². The summed E-state index contributed by atoms with van der Waals surface area (Å²) in [5.41, 5.74) is 3.08. The molecular formula is C16H21N3O. The lowest BCUT2D eigenvalue weighted by molar-refractivity contribution is -0.116. The van der Waals surface area contributed by atoms with Crippen molar-refractivity contribution >= 4 is 11.6 Å². The second kappa shape index (κ2) is 6.37. The summed E-state index contributed by atoms with van der Waals surface area (Å²) in [6.07, 6.45) is 3.32. The molecule has 1 unspecified atom stereocenters. The van der Waals surface area contributed by atoms with Gasteiger partial charge in [0.05, 0.1) is 11.7 Å². The van der Waals surface area contributed by atoms with Gasteiger partial charge >= 0.3 is 0 Å². The Labute approximate surface area is 119 Å². The summed E-state index contributed by atoms with van der Waals surface area (Å²) < 4.78 is 1.83. The van der Waals surface area contributed by atoms with Crippen molar-refractivity contribution in [2.45, 2.75) is 39.7 Å². The standard InChI is InChI=1S/C16H21N3O/c1-4-14-5-7-15(8-6-14)17-16(20)11-13(3)19-10-9-12(2)18-19/h5-10,13H,4,11H2,1-3H3,(H,17,20). The molecule has 106 valence electrons. The van der Waals surface area contributed by atoms with Crippen LogP contribution in [0.5, 0.6) is 0 Å². The molecule has 0 aliphatic rings. The molecule has 1 N–H and O–H groups in total. The van der Waals surface area contributed by atoms with Gasteiger partial charge in [0.2, 0.25) is 5.91 Å². The van der Waals surface area contributed by atoms with Crippen molar-refractivity contribution in [1.82, 2.24) is 9.78 Å². The zero-order valence-electron chi connectivity index (χ0n) is 12.3. The Morgan fingerprint density at radius 1 is 1.30 bits per heavy atom. The Kier molecular flexibility index (Phi) is 4.56. The average molecular weight is 271 g/mol. The summed E-state index contributed by atoms with van der Waals surface area (Å²) in [5, 5.41) is 7.25. The zero-order chi connectivity index (χ0) is 14.5. The van der Waals surface area contributed by atoms with Gasteiger partial charge in [0.15, 0.2) is 0 Å². The van der Waals surface area contributed by atoms with Crippen LogP contribution in [0, 0.1) is 6.92 Å². The Morgan fingerprint density at radius 2 is 2.00 bits per heavy atom. The third-order valence-corrected chi connectivity index (χ3v) is 3.32. The van der Waals surface area contributed by atoms with Crippen molar-refractivity contribution in [2.75, 3.05) is 5.32 Å². The van der Waals surface area contributed by atoms with Crippen molar-refractivity contribution in [1.29, 1.82) is 0 Å². The van der Waals surface area contributed by atoms with E-state index in [2.05, 4.69) is 17.3 Å². The highest BCUT2D eigenvalue weighted by atomic mass is 16.1. The van der Waals surface area contributed by atoms with E-state index in [4.69, 9.17) is 0 Å². The highest BCUT2D eigenvalue weighted by Crippen LogP contribution is 2.14. The Balaban J connectivity index is 1.91. The molecule has 0 saturated heterocycles. The van der Waals surface area contributed by atoms with Crippen LogP contribution in [0.15, 0.2) is 36.5 Å². The predicted octanol–water partition coefficient (Wildman–Crippen LogP) is 3.34.